The second-order valence-electron chi connectivity index (χ2n) is 4.88. The number of benzene rings is 2. The number of carbonyl (C=O) groups excluding carboxylic acids is 1. The minimum Gasteiger partial charge on any atom is -0.493 e. The lowest BCUT2D eigenvalue weighted by molar-refractivity contribution is -0.116. The van der Waals surface area contributed by atoms with Gasteiger partial charge >= 0.3 is 0 Å². The van der Waals surface area contributed by atoms with E-state index in [1.54, 1.807) is 6.07 Å². The van der Waals surface area contributed by atoms with E-state index in [4.69, 9.17) is 16.3 Å². The van der Waals surface area contributed by atoms with E-state index in [1.807, 2.05) is 50.2 Å². The molecule has 2 rings (SSSR count). The van der Waals surface area contributed by atoms with Gasteiger partial charge < -0.3 is 10.1 Å². The summed E-state index contributed by atoms with van der Waals surface area (Å²) in [5.74, 6) is 0.690. The zero-order chi connectivity index (χ0) is 15.2. The molecule has 4 heteroatoms. The highest BCUT2D eigenvalue weighted by molar-refractivity contribution is 6.31. The molecule has 0 aliphatic rings. The van der Waals surface area contributed by atoms with Crippen LogP contribution in [0.2, 0.25) is 5.02 Å². The third kappa shape index (κ3) is 4.50. The Balaban J connectivity index is 1.84. The van der Waals surface area contributed by atoms with Crippen molar-refractivity contribution >= 4 is 23.2 Å². The first-order chi connectivity index (χ1) is 10.1. The van der Waals surface area contributed by atoms with Gasteiger partial charge in [0.05, 0.1) is 13.0 Å². The molecule has 110 valence electrons. The molecule has 0 heterocycles. The van der Waals surface area contributed by atoms with Crippen LogP contribution in [0.1, 0.15) is 17.5 Å². The third-order valence-electron chi connectivity index (χ3n) is 3.13. The first-order valence-corrected chi connectivity index (χ1v) is 7.18. The molecule has 0 aliphatic heterocycles. The fraction of sp³-hybridized carbons (Fsp3) is 0.235. The van der Waals surface area contributed by atoms with Crippen molar-refractivity contribution in [3.8, 4) is 5.75 Å². The average molecular weight is 304 g/mol. The van der Waals surface area contributed by atoms with Gasteiger partial charge in [-0.1, -0.05) is 29.8 Å². The highest BCUT2D eigenvalue weighted by Crippen LogP contribution is 2.23. The number of aryl methyl sites for hydroxylation is 1. The highest BCUT2D eigenvalue weighted by Gasteiger charge is 2.07. The van der Waals surface area contributed by atoms with Crippen molar-refractivity contribution in [3.05, 3.63) is 58.6 Å². The Kier molecular flexibility index (Phi) is 5.23. The van der Waals surface area contributed by atoms with Crippen LogP contribution >= 0.6 is 11.6 Å². The molecule has 1 N–H and O–H groups in total. The Hall–Kier alpha value is -2.00. The summed E-state index contributed by atoms with van der Waals surface area (Å²) < 4.78 is 5.56. The van der Waals surface area contributed by atoms with Crippen molar-refractivity contribution in [2.75, 3.05) is 11.9 Å². The molecule has 0 unspecified atom stereocenters. The molecule has 0 saturated heterocycles. The summed E-state index contributed by atoms with van der Waals surface area (Å²) in [7, 11) is 0. The smallest absolute Gasteiger partial charge is 0.227 e. The van der Waals surface area contributed by atoms with Gasteiger partial charge in [0.1, 0.15) is 5.75 Å². The lowest BCUT2D eigenvalue weighted by atomic mass is 10.2. The van der Waals surface area contributed by atoms with Crippen LogP contribution in [0.15, 0.2) is 42.5 Å². The van der Waals surface area contributed by atoms with Gasteiger partial charge in [0, 0.05) is 10.7 Å². The molecule has 21 heavy (non-hydrogen) atoms. The van der Waals surface area contributed by atoms with E-state index >= 15 is 0 Å². The van der Waals surface area contributed by atoms with E-state index in [2.05, 4.69) is 5.32 Å². The number of hydrogen-bond donors (Lipinski definition) is 1. The topological polar surface area (TPSA) is 38.3 Å². The fourth-order valence-electron chi connectivity index (χ4n) is 1.92. The summed E-state index contributed by atoms with van der Waals surface area (Å²) >= 11 is 6.02. The molecule has 0 spiro atoms. The van der Waals surface area contributed by atoms with Gasteiger partial charge in [-0.05, 0) is 49.2 Å². The van der Waals surface area contributed by atoms with Crippen LogP contribution in [-0.4, -0.2) is 12.5 Å². The van der Waals surface area contributed by atoms with Gasteiger partial charge in [0.25, 0.3) is 0 Å². The number of carbonyl (C=O) groups is 1. The van der Waals surface area contributed by atoms with Crippen molar-refractivity contribution in [2.24, 2.45) is 0 Å². The molecule has 0 aromatic heterocycles. The summed E-state index contributed by atoms with van der Waals surface area (Å²) in [6.45, 7) is 4.22. The minimum absolute atomic E-state index is 0.0898. The highest BCUT2D eigenvalue weighted by atomic mass is 35.5. The Morgan fingerprint density at radius 3 is 2.71 bits per heavy atom. The van der Waals surface area contributed by atoms with Gasteiger partial charge in [0.2, 0.25) is 5.91 Å². The second-order valence-corrected chi connectivity index (χ2v) is 5.28. The summed E-state index contributed by atoms with van der Waals surface area (Å²) in [4.78, 5) is 11.9. The normalized spacial score (nSPS) is 10.2. The van der Waals surface area contributed by atoms with Crippen LogP contribution in [0.3, 0.4) is 0 Å². The molecular weight excluding hydrogens is 286 g/mol. The molecule has 1 amide bonds. The lowest BCUT2D eigenvalue weighted by Gasteiger charge is -2.10. The van der Waals surface area contributed by atoms with Crippen molar-refractivity contribution in [1.82, 2.24) is 0 Å². The number of rotatable bonds is 5. The molecule has 0 aliphatic carbocycles. The second kappa shape index (κ2) is 7.14. The lowest BCUT2D eigenvalue weighted by Crippen LogP contribution is -2.15. The van der Waals surface area contributed by atoms with E-state index < -0.39 is 0 Å². The van der Waals surface area contributed by atoms with Crippen LogP contribution in [0, 0.1) is 13.8 Å². The SMILES string of the molecule is Cc1cccc(OCCC(=O)Nc2cccc(Cl)c2C)c1. The van der Waals surface area contributed by atoms with Gasteiger partial charge in [0.15, 0.2) is 0 Å². The summed E-state index contributed by atoms with van der Waals surface area (Å²) in [5.41, 5.74) is 2.74. The maximum Gasteiger partial charge on any atom is 0.227 e. The van der Waals surface area contributed by atoms with E-state index in [1.165, 1.54) is 0 Å². The van der Waals surface area contributed by atoms with E-state index in [-0.39, 0.29) is 5.91 Å². The van der Waals surface area contributed by atoms with Crippen molar-refractivity contribution in [1.29, 1.82) is 0 Å². The fourth-order valence-corrected chi connectivity index (χ4v) is 2.10. The summed E-state index contributed by atoms with van der Waals surface area (Å²) in [6.07, 6.45) is 0.292. The summed E-state index contributed by atoms with van der Waals surface area (Å²) in [5, 5.41) is 3.49. The number of amides is 1. The van der Waals surface area contributed by atoms with E-state index in [9.17, 15) is 4.79 Å². The van der Waals surface area contributed by atoms with Crippen LogP contribution < -0.4 is 10.1 Å². The first kappa shape index (κ1) is 15.4. The predicted octanol–water partition coefficient (Wildman–Crippen LogP) is 4.36. The zero-order valence-electron chi connectivity index (χ0n) is 12.2. The molecule has 0 saturated carbocycles. The van der Waals surface area contributed by atoms with Crippen LogP contribution in [0.5, 0.6) is 5.75 Å². The summed E-state index contributed by atoms with van der Waals surface area (Å²) in [6, 6.07) is 13.2. The first-order valence-electron chi connectivity index (χ1n) is 6.80. The number of hydrogen-bond acceptors (Lipinski definition) is 2. The Morgan fingerprint density at radius 1 is 1.19 bits per heavy atom. The number of halogens is 1. The number of nitrogens with one attached hydrogen (secondary N) is 1. The van der Waals surface area contributed by atoms with Crippen molar-refractivity contribution < 1.29 is 9.53 Å². The van der Waals surface area contributed by atoms with Gasteiger partial charge in [-0.3, -0.25) is 4.79 Å². The van der Waals surface area contributed by atoms with Crippen LogP contribution in [-0.2, 0) is 4.79 Å². The molecule has 0 bridgehead atoms. The quantitative estimate of drug-likeness (QED) is 0.891. The minimum atomic E-state index is -0.0898. The van der Waals surface area contributed by atoms with E-state index in [0.717, 1.165) is 22.6 Å². The molecule has 2 aromatic carbocycles. The van der Waals surface area contributed by atoms with E-state index in [0.29, 0.717) is 18.1 Å². The van der Waals surface area contributed by atoms with Crippen molar-refractivity contribution in [3.63, 3.8) is 0 Å². The van der Waals surface area contributed by atoms with Gasteiger partial charge in [-0.2, -0.15) is 0 Å². The molecule has 3 nitrogen and oxygen atoms in total. The standard InChI is InChI=1S/C17H18ClNO2/c1-12-5-3-6-14(11-12)21-10-9-17(20)19-16-8-4-7-15(18)13(16)2/h3-8,11H,9-10H2,1-2H3,(H,19,20). The Labute approximate surface area is 129 Å². The average Bonchev–Trinajstić information content (AvgIpc) is 2.44. The van der Waals surface area contributed by atoms with Gasteiger partial charge in [-0.25, -0.2) is 0 Å². The number of ether oxygens (including phenoxy) is 1. The Morgan fingerprint density at radius 2 is 1.95 bits per heavy atom. The monoisotopic (exact) mass is 303 g/mol. The zero-order valence-corrected chi connectivity index (χ0v) is 12.9. The molecule has 0 radical (unpaired) electrons. The third-order valence-corrected chi connectivity index (χ3v) is 3.54. The maximum atomic E-state index is 11.9. The molecular formula is C17H18ClNO2. The molecule has 0 atom stereocenters. The molecule has 2 aromatic rings. The predicted molar refractivity (Wildman–Crippen MR) is 86.1 cm³/mol. The Bertz CT molecular complexity index is 640. The van der Waals surface area contributed by atoms with Crippen molar-refractivity contribution in [2.45, 2.75) is 20.3 Å². The maximum absolute atomic E-state index is 11.9. The van der Waals surface area contributed by atoms with Crippen LogP contribution in [0.25, 0.3) is 0 Å². The largest absolute Gasteiger partial charge is 0.493 e. The molecule has 0 fully saturated rings. The van der Waals surface area contributed by atoms with Crippen LogP contribution in [0.4, 0.5) is 5.69 Å². The number of anilines is 1. The van der Waals surface area contributed by atoms with Gasteiger partial charge in [-0.15, -0.1) is 0 Å².